The lowest BCUT2D eigenvalue weighted by atomic mass is 10.2. The summed E-state index contributed by atoms with van der Waals surface area (Å²) < 4.78 is 0. The van der Waals surface area contributed by atoms with Crippen molar-refractivity contribution in [2.24, 2.45) is 0 Å². The number of hydrogen-bond acceptors (Lipinski definition) is 6. The molecule has 5 nitrogen and oxygen atoms in total. The van der Waals surface area contributed by atoms with E-state index in [9.17, 15) is 4.79 Å². The molecule has 22 heavy (non-hydrogen) atoms. The Labute approximate surface area is 138 Å². The largest absolute Gasteiger partial charge is 0.353 e. The van der Waals surface area contributed by atoms with Crippen molar-refractivity contribution in [3.63, 3.8) is 0 Å². The van der Waals surface area contributed by atoms with E-state index in [-0.39, 0.29) is 5.91 Å². The van der Waals surface area contributed by atoms with Gasteiger partial charge >= 0.3 is 0 Å². The number of rotatable bonds is 6. The van der Waals surface area contributed by atoms with Crippen LogP contribution < -0.4 is 10.2 Å². The highest BCUT2D eigenvalue weighted by molar-refractivity contribution is 8.00. The molecule has 0 saturated carbocycles. The highest BCUT2D eigenvalue weighted by atomic mass is 32.2. The predicted molar refractivity (Wildman–Crippen MR) is 90.5 cm³/mol. The Hall–Kier alpha value is -1.60. The van der Waals surface area contributed by atoms with Gasteiger partial charge in [0.15, 0.2) is 5.13 Å². The molecule has 2 aromatic rings. The van der Waals surface area contributed by atoms with E-state index >= 15 is 0 Å². The number of amides is 1. The van der Waals surface area contributed by atoms with Crippen molar-refractivity contribution in [1.29, 1.82) is 0 Å². The fourth-order valence-electron chi connectivity index (χ4n) is 2.52. The molecular formula is C15H18N4OS2. The van der Waals surface area contributed by atoms with Crippen LogP contribution in [-0.2, 0) is 4.79 Å². The van der Waals surface area contributed by atoms with Crippen molar-refractivity contribution in [2.45, 2.75) is 23.8 Å². The number of nitrogens with one attached hydrogen (secondary N) is 1. The van der Waals surface area contributed by atoms with Gasteiger partial charge in [-0.25, -0.2) is 4.98 Å². The first-order valence-corrected chi connectivity index (χ1v) is 9.15. The van der Waals surface area contributed by atoms with Crippen LogP contribution in [0.1, 0.15) is 12.8 Å². The molecule has 1 aliphatic rings. The number of nitrogens with zero attached hydrogens (tertiary/aromatic N) is 3. The maximum absolute atomic E-state index is 12.0. The van der Waals surface area contributed by atoms with Crippen LogP contribution in [0.5, 0.6) is 0 Å². The lowest BCUT2D eigenvalue weighted by Crippen LogP contribution is -2.40. The number of thioether (sulfide) groups is 1. The van der Waals surface area contributed by atoms with Gasteiger partial charge in [0.25, 0.3) is 0 Å². The second-order valence-corrected chi connectivity index (χ2v) is 7.00. The molecule has 1 saturated heterocycles. The molecule has 0 radical (unpaired) electrons. The van der Waals surface area contributed by atoms with Gasteiger partial charge in [-0.3, -0.25) is 9.78 Å². The van der Waals surface area contributed by atoms with E-state index in [1.165, 1.54) is 11.8 Å². The lowest BCUT2D eigenvalue weighted by molar-refractivity contribution is -0.118. The maximum atomic E-state index is 12.0. The number of hydrogen-bond donors (Lipinski definition) is 1. The normalized spacial score (nSPS) is 17.6. The van der Waals surface area contributed by atoms with Gasteiger partial charge in [-0.2, -0.15) is 0 Å². The van der Waals surface area contributed by atoms with E-state index in [0.717, 1.165) is 29.4 Å². The van der Waals surface area contributed by atoms with E-state index in [1.54, 1.807) is 23.7 Å². The summed E-state index contributed by atoms with van der Waals surface area (Å²) in [6.07, 6.45) is 7.58. The van der Waals surface area contributed by atoms with Crippen LogP contribution in [0.15, 0.2) is 41.0 Å². The van der Waals surface area contributed by atoms with Crippen LogP contribution in [0.2, 0.25) is 0 Å². The van der Waals surface area contributed by atoms with Crippen LogP contribution in [0.4, 0.5) is 5.13 Å². The maximum Gasteiger partial charge on any atom is 0.230 e. The molecule has 0 bridgehead atoms. The number of thiazole rings is 1. The van der Waals surface area contributed by atoms with E-state index in [2.05, 4.69) is 20.2 Å². The zero-order valence-corrected chi connectivity index (χ0v) is 13.8. The van der Waals surface area contributed by atoms with Crippen molar-refractivity contribution in [3.05, 3.63) is 36.1 Å². The predicted octanol–water partition coefficient (Wildman–Crippen LogP) is 2.42. The summed E-state index contributed by atoms with van der Waals surface area (Å²) in [4.78, 5) is 23.7. The van der Waals surface area contributed by atoms with Gasteiger partial charge in [0.05, 0.1) is 5.75 Å². The first-order chi connectivity index (χ1) is 10.8. The number of aromatic nitrogens is 2. The Bertz CT molecular complexity index is 591. The first-order valence-electron chi connectivity index (χ1n) is 7.28. The van der Waals surface area contributed by atoms with Crippen LogP contribution in [0.3, 0.4) is 0 Å². The van der Waals surface area contributed by atoms with Gasteiger partial charge < -0.3 is 10.2 Å². The van der Waals surface area contributed by atoms with Crippen molar-refractivity contribution in [3.8, 4) is 0 Å². The van der Waals surface area contributed by atoms with Gasteiger partial charge in [0.2, 0.25) is 5.91 Å². The quantitative estimate of drug-likeness (QED) is 0.822. The molecule has 1 amide bonds. The van der Waals surface area contributed by atoms with Gasteiger partial charge in [0, 0.05) is 48.0 Å². The van der Waals surface area contributed by atoms with Gasteiger partial charge in [-0.15, -0.1) is 23.1 Å². The number of pyridine rings is 1. The highest BCUT2D eigenvalue weighted by Gasteiger charge is 2.26. The van der Waals surface area contributed by atoms with Crippen molar-refractivity contribution < 1.29 is 4.79 Å². The fraction of sp³-hybridized carbons (Fsp3) is 0.400. The average molecular weight is 334 g/mol. The minimum Gasteiger partial charge on any atom is -0.353 e. The van der Waals surface area contributed by atoms with Crippen LogP contribution >= 0.6 is 23.1 Å². The second-order valence-electron chi connectivity index (χ2n) is 5.08. The summed E-state index contributed by atoms with van der Waals surface area (Å²) >= 11 is 3.19. The Balaban J connectivity index is 1.44. The minimum absolute atomic E-state index is 0.0767. The molecule has 1 atom stereocenters. The Morgan fingerprint density at radius 2 is 2.27 bits per heavy atom. The smallest absolute Gasteiger partial charge is 0.230 e. The third-order valence-corrected chi connectivity index (χ3v) is 5.42. The number of anilines is 1. The standard InChI is InChI=1S/C15H18N4OS2/c20-14(11-22-13-3-5-16-6-4-13)18-10-12-2-1-8-19(12)15-17-7-9-21-15/h3-7,9,12H,1-2,8,10-11H2,(H,18,20). The Kier molecular flexibility index (Phi) is 5.29. The average Bonchev–Trinajstić information content (AvgIpc) is 3.22. The van der Waals surface area contributed by atoms with Crippen LogP contribution in [0.25, 0.3) is 0 Å². The van der Waals surface area contributed by atoms with Crippen LogP contribution in [-0.4, -0.2) is 40.8 Å². The van der Waals surface area contributed by atoms with Crippen molar-refractivity contribution in [1.82, 2.24) is 15.3 Å². The second kappa shape index (κ2) is 7.60. The van der Waals surface area contributed by atoms with E-state index in [1.807, 2.05) is 23.7 Å². The highest BCUT2D eigenvalue weighted by Crippen LogP contribution is 2.26. The molecule has 2 aromatic heterocycles. The van der Waals surface area contributed by atoms with E-state index in [0.29, 0.717) is 18.3 Å². The number of carbonyl (C=O) groups excluding carboxylic acids is 1. The minimum atomic E-state index is 0.0767. The van der Waals surface area contributed by atoms with Gasteiger partial charge in [-0.05, 0) is 25.0 Å². The molecule has 3 rings (SSSR count). The molecule has 116 valence electrons. The Morgan fingerprint density at radius 3 is 3.05 bits per heavy atom. The van der Waals surface area contributed by atoms with Crippen molar-refractivity contribution >= 4 is 34.1 Å². The third-order valence-electron chi connectivity index (χ3n) is 3.60. The fourth-order valence-corrected chi connectivity index (χ4v) is 3.98. The van der Waals surface area contributed by atoms with Gasteiger partial charge in [0.1, 0.15) is 0 Å². The molecule has 0 aromatic carbocycles. The van der Waals surface area contributed by atoms with Crippen LogP contribution in [0, 0.1) is 0 Å². The van der Waals surface area contributed by atoms with Crippen molar-refractivity contribution in [2.75, 3.05) is 23.7 Å². The molecule has 3 heterocycles. The summed E-state index contributed by atoms with van der Waals surface area (Å²) in [5.41, 5.74) is 0. The topological polar surface area (TPSA) is 58.1 Å². The molecule has 0 aliphatic carbocycles. The summed E-state index contributed by atoms with van der Waals surface area (Å²) in [5.74, 6) is 0.515. The Morgan fingerprint density at radius 1 is 1.41 bits per heavy atom. The summed E-state index contributed by atoms with van der Waals surface area (Å²) in [6.45, 7) is 1.72. The lowest BCUT2D eigenvalue weighted by Gasteiger charge is -2.24. The molecule has 0 spiro atoms. The zero-order valence-electron chi connectivity index (χ0n) is 12.1. The molecule has 7 heteroatoms. The monoisotopic (exact) mass is 334 g/mol. The molecule has 1 fully saturated rings. The van der Waals surface area contributed by atoms with Gasteiger partial charge in [-0.1, -0.05) is 0 Å². The zero-order chi connectivity index (χ0) is 15.2. The molecular weight excluding hydrogens is 316 g/mol. The molecule has 1 unspecified atom stereocenters. The summed E-state index contributed by atoms with van der Waals surface area (Å²) in [6, 6.07) is 4.19. The van der Waals surface area contributed by atoms with E-state index < -0.39 is 0 Å². The third kappa shape index (κ3) is 3.98. The first kappa shape index (κ1) is 15.3. The SMILES string of the molecule is O=C(CSc1ccncc1)NCC1CCCN1c1nccs1. The number of carbonyl (C=O) groups is 1. The van der Waals surface area contributed by atoms with E-state index in [4.69, 9.17) is 0 Å². The molecule has 1 N–H and O–H groups in total. The summed E-state index contributed by atoms with van der Waals surface area (Å²) in [5, 5.41) is 6.10. The molecule has 1 aliphatic heterocycles. The summed E-state index contributed by atoms with van der Waals surface area (Å²) in [7, 11) is 0.